The van der Waals surface area contributed by atoms with E-state index in [1.807, 2.05) is 6.92 Å². The van der Waals surface area contributed by atoms with Crippen LogP contribution >= 0.6 is 0 Å². The lowest BCUT2D eigenvalue weighted by Crippen LogP contribution is -2.41. The maximum absolute atomic E-state index is 12.5. The number of ether oxygens (including phenoxy) is 2. The van der Waals surface area contributed by atoms with Crippen LogP contribution in [0.1, 0.15) is 32.6 Å². The zero-order chi connectivity index (χ0) is 16.9. The molecule has 0 bridgehead atoms. The molecule has 0 aromatic heterocycles. The largest absolute Gasteiger partial charge is 0.494 e. The molecule has 1 aromatic carbocycles. The highest BCUT2D eigenvalue weighted by Gasteiger charge is 2.39. The topological polar surface area (TPSA) is 67.9 Å². The molecule has 0 saturated carbocycles. The Morgan fingerprint density at radius 3 is 2.75 bits per heavy atom. The Kier molecular flexibility index (Phi) is 5.48. The molecule has 0 spiro atoms. The van der Waals surface area contributed by atoms with Crippen LogP contribution in [-0.2, 0) is 14.3 Å². The molecular formula is C18H24N2O4. The van der Waals surface area contributed by atoms with Gasteiger partial charge in [0.2, 0.25) is 5.91 Å². The van der Waals surface area contributed by atoms with E-state index in [0.717, 1.165) is 31.6 Å². The Labute approximate surface area is 142 Å². The third kappa shape index (κ3) is 3.76. The Morgan fingerprint density at radius 1 is 1.29 bits per heavy atom. The summed E-state index contributed by atoms with van der Waals surface area (Å²) in [5.74, 6) is 0.375. The van der Waals surface area contributed by atoms with Crippen LogP contribution in [-0.4, -0.2) is 43.7 Å². The van der Waals surface area contributed by atoms with Crippen molar-refractivity contribution < 1.29 is 19.1 Å². The first-order chi connectivity index (χ1) is 11.7. The van der Waals surface area contributed by atoms with E-state index in [0.29, 0.717) is 18.8 Å². The number of carbonyl (C=O) groups is 2. The Balaban J connectivity index is 1.60. The van der Waals surface area contributed by atoms with Crippen molar-refractivity contribution in [1.29, 1.82) is 0 Å². The average molecular weight is 332 g/mol. The van der Waals surface area contributed by atoms with Crippen LogP contribution in [0, 0.1) is 0 Å². The fourth-order valence-electron chi connectivity index (χ4n) is 3.05. The van der Waals surface area contributed by atoms with Gasteiger partial charge in [-0.25, -0.2) is 4.90 Å². The molecule has 6 heteroatoms. The molecule has 24 heavy (non-hydrogen) atoms. The predicted molar refractivity (Wildman–Crippen MR) is 90.1 cm³/mol. The van der Waals surface area contributed by atoms with Crippen LogP contribution < -0.4 is 15.0 Å². The lowest BCUT2D eigenvalue weighted by Gasteiger charge is -2.17. The maximum atomic E-state index is 12.5. The maximum Gasteiger partial charge on any atom is 0.251 e. The molecule has 0 unspecified atom stereocenters. The second kappa shape index (κ2) is 7.77. The summed E-state index contributed by atoms with van der Waals surface area (Å²) >= 11 is 0. The van der Waals surface area contributed by atoms with Gasteiger partial charge in [0.05, 0.1) is 30.9 Å². The second-order valence-corrected chi connectivity index (χ2v) is 6.21. The molecule has 2 aliphatic rings. The summed E-state index contributed by atoms with van der Waals surface area (Å²) in [6.45, 7) is 4.08. The zero-order valence-electron chi connectivity index (χ0n) is 14.0. The van der Waals surface area contributed by atoms with Crippen LogP contribution in [0.4, 0.5) is 5.69 Å². The molecule has 2 saturated heterocycles. The van der Waals surface area contributed by atoms with Gasteiger partial charge in [-0.1, -0.05) is 6.92 Å². The zero-order valence-corrected chi connectivity index (χ0v) is 14.0. The first-order valence-corrected chi connectivity index (χ1v) is 8.63. The van der Waals surface area contributed by atoms with Crippen molar-refractivity contribution in [3.63, 3.8) is 0 Å². The van der Waals surface area contributed by atoms with Gasteiger partial charge in [-0.05, 0) is 43.5 Å². The van der Waals surface area contributed by atoms with E-state index < -0.39 is 6.04 Å². The minimum Gasteiger partial charge on any atom is -0.494 e. The van der Waals surface area contributed by atoms with Crippen LogP contribution in [0.25, 0.3) is 0 Å². The van der Waals surface area contributed by atoms with Gasteiger partial charge in [-0.3, -0.25) is 9.59 Å². The smallest absolute Gasteiger partial charge is 0.251 e. The molecule has 2 fully saturated rings. The van der Waals surface area contributed by atoms with Crippen molar-refractivity contribution in [1.82, 2.24) is 5.32 Å². The van der Waals surface area contributed by atoms with E-state index >= 15 is 0 Å². The molecule has 130 valence electrons. The quantitative estimate of drug-likeness (QED) is 0.772. The SMILES string of the molecule is CCCOc1ccc(N2C(=O)C[C@@H](NC[C@@H]3CCCO3)C2=O)cc1. The Bertz CT molecular complexity index is 581. The summed E-state index contributed by atoms with van der Waals surface area (Å²) < 4.78 is 11.1. The Hall–Kier alpha value is -1.92. The van der Waals surface area contributed by atoms with E-state index in [2.05, 4.69) is 5.32 Å². The van der Waals surface area contributed by atoms with Gasteiger partial charge in [0, 0.05) is 13.2 Å². The highest BCUT2D eigenvalue weighted by Crippen LogP contribution is 2.25. The van der Waals surface area contributed by atoms with Crippen LogP contribution in [0.15, 0.2) is 24.3 Å². The van der Waals surface area contributed by atoms with E-state index in [1.165, 1.54) is 4.90 Å². The molecule has 1 aromatic rings. The van der Waals surface area contributed by atoms with E-state index in [-0.39, 0.29) is 24.3 Å². The molecule has 1 N–H and O–H groups in total. The summed E-state index contributed by atoms with van der Waals surface area (Å²) in [5.41, 5.74) is 0.593. The van der Waals surface area contributed by atoms with E-state index in [1.54, 1.807) is 24.3 Å². The predicted octanol–water partition coefficient (Wildman–Crippen LogP) is 1.88. The number of carbonyl (C=O) groups excluding carboxylic acids is 2. The minimum atomic E-state index is -0.460. The van der Waals surface area contributed by atoms with E-state index in [4.69, 9.17) is 9.47 Å². The van der Waals surface area contributed by atoms with Crippen LogP contribution in [0.3, 0.4) is 0 Å². The van der Waals surface area contributed by atoms with Crippen molar-refractivity contribution in [3.8, 4) is 5.75 Å². The first-order valence-electron chi connectivity index (χ1n) is 8.63. The molecule has 0 radical (unpaired) electrons. The standard InChI is InChI=1S/C18H24N2O4/c1-2-9-23-14-7-5-13(6-8-14)20-17(21)11-16(18(20)22)19-12-15-4-3-10-24-15/h5-8,15-16,19H,2-4,9-12H2,1H3/t15-,16+/m0/s1. The van der Waals surface area contributed by atoms with Gasteiger partial charge in [0.1, 0.15) is 5.75 Å². The highest BCUT2D eigenvalue weighted by atomic mass is 16.5. The number of hydrogen-bond acceptors (Lipinski definition) is 5. The molecule has 2 amide bonds. The third-order valence-electron chi connectivity index (χ3n) is 4.33. The van der Waals surface area contributed by atoms with Crippen molar-refractivity contribution in [2.24, 2.45) is 0 Å². The molecular weight excluding hydrogens is 308 g/mol. The summed E-state index contributed by atoms with van der Waals surface area (Å²) in [7, 11) is 0. The fourth-order valence-corrected chi connectivity index (χ4v) is 3.05. The third-order valence-corrected chi connectivity index (χ3v) is 4.33. The molecule has 3 rings (SSSR count). The lowest BCUT2D eigenvalue weighted by molar-refractivity contribution is -0.121. The van der Waals surface area contributed by atoms with Gasteiger partial charge >= 0.3 is 0 Å². The highest BCUT2D eigenvalue weighted by molar-refractivity contribution is 6.22. The average Bonchev–Trinajstić information content (AvgIpc) is 3.20. The summed E-state index contributed by atoms with van der Waals surface area (Å²) in [5, 5.41) is 3.18. The molecule has 2 heterocycles. The van der Waals surface area contributed by atoms with Crippen LogP contribution in [0.2, 0.25) is 0 Å². The van der Waals surface area contributed by atoms with Crippen molar-refractivity contribution in [2.75, 3.05) is 24.7 Å². The number of rotatable bonds is 7. The number of amides is 2. The van der Waals surface area contributed by atoms with Gasteiger partial charge in [0.25, 0.3) is 5.91 Å². The number of anilines is 1. The lowest BCUT2D eigenvalue weighted by atomic mass is 10.2. The van der Waals surface area contributed by atoms with E-state index in [9.17, 15) is 9.59 Å². The van der Waals surface area contributed by atoms with Crippen molar-refractivity contribution >= 4 is 17.5 Å². The van der Waals surface area contributed by atoms with Gasteiger partial charge < -0.3 is 14.8 Å². The summed E-state index contributed by atoms with van der Waals surface area (Å²) in [4.78, 5) is 26.1. The van der Waals surface area contributed by atoms with Crippen LogP contribution in [0.5, 0.6) is 5.75 Å². The number of hydrogen-bond donors (Lipinski definition) is 1. The van der Waals surface area contributed by atoms with Gasteiger partial charge in [-0.2, -0.15) is 0 Å². The Morgan fingerprint density at radius 2 is 2.08 bits per heavy atom. The molecule has 0 aliphatic carbocycles. The monoisotopic (exact) mass is 332 g/mol. The molecule has 2 aliphatic heterocycles. The summed E-state index contributed by atoms with van der Waals surface area (Å²) in [6.07, 6.45) is 3.34. The number of nitrogens with zero attached hydrogens (tertiary/aromatic N) is 1. The first kappa shape index (κ1) is 16.9. The number of benzene rings is 1. The summed E-state index contributed by atoms with van der Waals surface area (Å²) in [6, 6.07) is 6.63. The molecule has 6 nitrogen and oxygen atoms in total. The normalized spacial score (nSPS) is 24.0. The van der Waals surface area contributed by atoms with Gasteiger partial charge in [0.15, 0.2) is 0 Å². The number of imide groups is 1. The van der Waals surface area contributed by atoms with Gasteiger partial charge in [-0.15, -0.1) is 0 Å². The molecule has 2 atom stereocenters. The second-order valence-electron chi connectivity index (χ2n) is 6.21. The fraction of sp³-hybridized carbons (Fsp3) is 0.556. The minimum absolute atomic E-state index is 0.150. The van der Waals surface area contributed by atoms with Crippen molar-refractivity contribution in [3.05, 3.63) is 24.3 Å². The van der Waals surface area contributed by atoms with Crippen molar-refractivity contribution in [2.45, 2.75) is 44.8 Å². The number of nitrogens with one attached hydrogen (secondary N) is 1.